The van der Waals surface area contributed by atoms with Crippen molar-refractivity contribution >= 4 is 23.6 Å². The first-order valence-corrected chi connectivity index (χ1v) is 5.13. The molecule has 0 saturated heterocycles. The van der Waals surface area contributed by atoms with Gasteiger partial charge < -0.3 is 15.7 Å². The van der Waals surface area contributed by atoms with E-state index in [0.717, 1.165) is 0 Å². The molecular formula is C10H17ClN2O3. The van der Waals surface area contributed by atoms with Crippen LogP contribution in [0.2, 0.25) is 0 Å². The van der Waals surface area contributed by atoms with Gasteiger partial charge in [0.25, 0.3) is 0 Å². The first-order valence-electron chi connectivity index (χ1n) is 4.75. The van der Waals surface area contributed by atoms with Crippen LogP contribution in [0, 0.1) is 5.41 Å². The highest BCUT2D eigenvalue weighted by molar-refractivity contribution is 6.29. The number of aliphatic carboxylic acids is 1. The lowest BCUT2D eigenvalue weighted by Gasteiger charge is -2.27. The van der Waals surface area contributed by atoms with Gasteiger partial charge >= 0.3 is 12.0 Å². The van der Waals surface area contributed by atoms with E-state index < -0.39 is 23.5 Å². The summed E-state index contributed by atoms with van der Waals surface area (Å²) in [5.74, 6) is -1.08. The number of hydrogen-bond acceptors (Lipinski definition) is 2. The third-order valence-electron chi connectivity index (χ3n) is 1.83. The van der Waals surface area contributed by atoms with Gasteiger partial charge in [0.1, 0.15) is 6.04 Å². The first-order chi connectivity index (χ1) is 7.14. The smallest absolute Gasteiger partial charge is 0.326 e. The maximum absolute atomic E-state index is 11.3. The molecule has 0 saturated carbocycles. The summed E-state index contributed by atoms with van der Waals surface area (Å²) in [6.45, 7) is 8.68. The minimum atomic E-state index is -1.08. The van der Waals surface area contributed by atoms with Crippen LogP contribution in [-0.4, -0.2) is 29.7 Å². The molecular weight excluding hydrogens is 232 g/mol. The predicted molar refractivity (Wildman–Crippen MR) is 62.4 cm³/mol. The quantitative estimate of drug-likeness (QED) is 0.706. The molecule has 6 heteroatoms. The van der Waals surface area contributed by atoms with Gasteiger partial charge in [-0.15, -0.1) is 0 Å². The Kier molecular flexibility index (Phi) is 5.30. The molecule has 0 radical (unpaired) electrons. The summed E-state index contributed by atoms with van der Waals surface area (Å²) in [5.41, 5.74) is -0.568. The second-order valence-corrected chi connectivity index (χ2v) is 5.02. The molecule has 0 heterocycles. The number of hydrogen-bond donors (Lipinski definition) is 3. The Balaban J connectivity index is 4.37. The maximum atomic E-state index is 11.3. The molecule has 1 atom stereocenters. The van der Waals surface area contributed by atoms with E-state index >= 15 is 0 Å². The Hall–Kier alpha value is -1.23. The highest BCUT2D eigenvalue weighted by atomic mass is 35.5. The van der Waals surface area contributed by atoms with Crippen LogP contribution >= 0.6 is 11.6 Å². The molecule has 92 valence electrons. The number of amides is 2. The maximum Gasteiger partial charge on any atom is 0.326 e. The van der Waals surface area contributed by atoms with Crippen LogP contribution in [0.3, 0.4) is 0 Å². The highest BCUT2D eigenvalue weighted by Crippen LogP contribution is 2.19. The van der Waals surface area contributed by atoms with Crippen molar-refractivity contribution in [3.8, 4) is 0 Å². The molecule has 5 nitrogen and oxygen atoms in total. The van der Waals surface area contributed by atoms with Crippen molar-refractivity contribution in [1.29, 1.82) is 0 Å². The summed E-state index contributed by atoms with van der Waals surface area (Å²) in [6.07, 6.45) is 0. The molecule has 0 aliphatic heterocycles. The van der Waals surface area contributed by atoms with Crippen LogP contribution in [0.5, 0.6) is 0 Å². The molecule has 2 amide bonds. The summed E-state index contributed by atoms with van der Waals surface area (Å²) in [5, 5.41) is 14.0. The van der Waals surface area contributed by atoms with Crippen LogP contribution in [0.4, 0.5) is 4.79 Å². The molecule has 3 N–H and O–H groups in total. The van der Waals surface area contributed by atoms with E-state index in [2.05, 4.69) is 17.2 Å². The van der Waals surface area contributed by atoms with Crippen LogP contribution < -0.4 is 10.6 Å². The van der Waals surface area contributed by atoms with Gasteiger partial charge in [-0.2, -0.15) is 0 Å². The zero-order valence-corrected chi connectivity index (χ0v) is 10.4. The molecule has 0 aromatic rings. The van der Waals surface area contributed by atoms with Crippen LogP contribution in [0.15, 0.2) is 11.6 Å². The SMILES string of the molecule is C=C(Cl)CNC(=O)N[C@@H](C(=O)O)C(C)(C)C. The summed E-state index contributed by atoms with van der Waals surface area (Å²) >= 11 is 5.46. The predicted octanol–water partition coefficient (Wildman–Crippen LogP) is 1.54. The summed E-state index contributed by atoms with van der Waals surface area (Å²) in [6, 6.07) is -1.54. The molecule has 0 rings (SSSR count). The number of carboxylic acid groups (broad SMARTS) is 1. The number of carbonyl (C=O) groups excluding carboxylic acids is 1. The Labute approximate surface area is 99.9 Å². The monoisotopic (exact) mass is 248 g/mol. The van der Waals surface area contributed by atoms with E-state index in [1.807, 2.05) is 0 Å². The van der Waals surface area contributed by atoms with Gasteiger partial charge in [0.15, 0.2) is 0 Å². The van der Waals surface area contributed by atoms with Crippen molar-refractivity contribution in [3.63, 3.8) is 0 Å². The fraction of sp³-hybridized carbons (Fsp3) is 0.600. The van der Waals surface area contributed by atoms with Gasteiger partial charge in [-0.3, -0.25) is 0 Å². The van der Waals surface area contributed by atoms with Gasteiger partial charge in [0.05, 0.1) is 6.54 Å². The Morgan fingerprint density at radius 3 is 2.25 bits per heavy atom. The van der Waals surface area contributed by atoms with Gasteiger partial charge in [-0.05, 0) is 5.41 Å². The molecule has 0 aliphatic carbocycles. The lowest BCUT2D eigenvalue weighted by Crippen LogP contribution is -2.52. The molecule has 0 unspecified atom stereocenters. The Morgan fingerprint density at radius 2 is 1.94 bits per heavy atom. The van der Waals surface area contributed by atoms with E-state index in [0.29, 0.717) is 0 Å². The lowest BCUT2D eigenvalue weighted by atomic mass is 9.87. The van der Waals surface area contributed by atoms with E-state index in [-0.39, 0.29) is 11.6 Å². The minimum absolute atomic E-state index is 0.101. The normalized spacial score (nSPS) is 12.8. The van der Waals surface area contributed by atoms with Crippen molar-refractivity contribution in [2.24, 2.45) is 5.41 Å². The fourth-order valence-corrected chi connectivity index (χ4v) is 1.07. The third-order valence-corrected chi connectivity index (χ3v) is 1.96. The molecule has 0 aliphatic rings. The molecule has 0 aromatic heterocycles. The summed E-state index contributed by atoms with van der Waals surface area (Å²) in [4.78, 5) is 22.3. The molecule has 0 spiro atoms. The lowest BCUT2D eigenvalue weighted by molar-refractivity contribution is -0.141. The van der Waals surface area contributed by atoms with Crippen molar-refractivity contribution < 1.29 is 14.7 Å². The van der Waals surface area contributed by atoms with Crippen molar-refractivity contribution in [1.82, 2.24) is 10.6 Å². The number of carboxylic acids is 1. The first kappa shape index (κ1) is 14.8. The average molecular weight is 249 g/mol. The number of urea groups is 1. The Bertz CT molecular complexity index is 297. The standard InChI is InChI=1S/C10H17ClN2O3/c1-6(11)5-12-9(16)13-7(8(14)15)10(2,3)4/h7H,1,5H2,2-4H3,(H,14,15)(H2,12,13,16)/t7-/m0/s1. The second-order valence-electron chi connectivity index (χ2n) is 4.48. The molecule has 0 bridgehead atoms. The van der Waals surface area contributed by atoms with Crippen molar-refractivity contribution in [2.75, 3.05) is 6.54 Å². The highest BCUT2D eigenvalue weighted by Gasteiger charge is 2.32. The van der Waals surface area contributed by atoms with Crippen molar-refractivity contribution in [2.45, 2.75) is 26.8 Å². The fourth-order valence-electron chi connectivity index (χ4n) is 1.01. The number of nitrogens with one attached hydrogen (secondary N) is 2. The van der Waals surface area contributed by atoms with Gasteiger partial charge in [0.2, 0.25) is 0 Å². The van der Waals surface area contributed by atoms with E-state index in [4.69, 9.17) is 16.7 Å². The van der Waals surface area contributed by atoms with E-state index in [9.17, 15) is 9.59 Å². The minimum Gasteiger partial charge on any atom is -0.480 e. The average Bonchev–Trinajstić information content (AvgIpc) is 2.08. The molecule has 16 heavy (non-hydrogen) atoms. The summed E-state index contributed by atoms with van der Waals surface area (Å²) in [7, 11) is 0. The third kappa shape index (κ3) is 5.60. The number of halogens is 1. The topological polar surface area (TPSA) is 78.4 Å². The van der Waals surface area contributed by atoms with E-state index in [1.54, 1.807) is 20.8 Å². The zero-order valence-electron chi connectivity index (χ0n) is 9.63. The summed E-state index contributed by atoms with van der Waals surface area (Å²) < 4.78 is 0. The largest absolute Gasteiger partial charge is 0.480 e. The number of carbonyl (C=O) groups is 2. The van der Waals surface area contributed by atoms with Crippen LogP contribution in [0.1, 0.15) is 20.8 Å². The van der Waals surface area contributed by atoms with Crippen LogP contribution in [0.25, 0.3) is 0 Å². The van der Waals surface area contributed by atoms with Crippen LogP contribution in [-0.2, 0) is 4.79 Å². The number of rotatable bonds is 4. The van der Waals surface area contributed by atoms with Gasteiger partial charge in [0, 0.05) is 5.03 Å². The van der Waals surface area contributed by atoms with Gasteiger partial charge in [-0.1, -0.05) is 39.0 Å². The van der Waals surface area contributed by atoms with Crippen molar-refractivity contribution in [3.05, 3.63) is 11.6 Å². The molecule has 0 fully saturated rings. The zero-order chi connectivity index (χ0) is 12.9. The second kappa shape index (κ2) is 5.75. The molecule has 0 aromatic carbocycles. The Morgan fingerprint density at radius 1 is 1.44 bits per heavy atom. The van der Waals surface area contributed by atoms with E-state index in [1.165, 1.54) is 0 Å². The van der Waals surface area contributed by atoms with Gasteiger partial charge in [-0.25, -0.2) is 9.59 Å².